The molecule has 0 radical (unpaired) electrons. The van der Waals surface area contributed by atoms with Gasteiger partial charge in [-0.25, -0.2) is 0 Å². The van der Waals surface area contributed by atoms with Crippen LogP contribution < -0.4 is 5.32 Å². The van der Waals surface area contributed by atoms with Crippen LogP contribution in [-0.4, -0.2) is 9.59 Å². The topological polar surface area (TPSA) is 37.8 Å². The fourth-order valence-corrected chi connectivity index (χ4v) is 2.28. The van der Waals surface area contributed by atoms with E-state index in [1.54, 1.807) is 0 Å². The molecule has 0 saturated heterocycles. The maximum atomic E-state index is 4.00. The van der Waals surface area contributed by atoms with Crippen LogP contribution in [0.4, 0.5) is 0 Å². The average molecular weight is 298 g/mol. The van der Waals surface area contributed by atoms with Gasteiger partial charge >= 0.3 is 0 Å². The third-order valence-electron chi connectivity index (χ3n) is 2.34. The van der Waals surface area contributed by atoms with E-state index < -0.39 is 0 Å². The predicted molar refractivity (Wildman–Crippen MR) is 69.3 cm³/mol. The zero-order valence-corrected chi connectivity index (χ0v) is 11.3. The lowest BCUT2D eigenvalue weighted by Gasteiger charge is -2.13. The summed E-state index contributed by atoms with van der Waals surface area (Å²) in [6.45, 7) is 2.89. The van der Waals surface area contributed by atoms with Gasteiger partial charge in [0.1, 0.15) is 0 Å². The second-order valence-corrected chi connectivity index (χ2v) is 5.08. The Hall–Kier alpha value is -0.780. The van der Waals surface area contributed by atoms with Crippen molar-refractivity contribution in [1.29, 1.82) is 0 Å². The van der Waals surface area contributed by atoms with Crippen molar-refractivity contribution in [2.45, 2.75) is 19.5 Å². The molecule has 0 saturated carbocycles. The third-order valence-corrected chi connectivity index (χ3v) is 3.39. The molecule has 0 aliphatic heterocycles. The summed E-state index contributed by atoms with van der Waals surface area (Å²) in [5.41, 5.74) is 2.25. The van der Waals surface area contributed by atoms with Crippen molar-refractivity contribution in [3.63, 3.8) is 0 Å². The van der Waals surface area contributed by atoms with Crippen LogP contribution in [0.25, 0.3) is 0 Å². The number of benzene rings is 1. The van der Waals surface area contributed by atoms with Crippen molar-refractivity contribution >= 4 is 27.5 Å². The van der Waals surface area contributed by atoms with Gasteiger partial charge in [-0.2, -0.15) is 0 Å². The van der Waals surface area contributed by atoms with Gasteiger partial charge in [-0.05, 0) is 36.2 Å². The molecule has 16 heavy (non-hydrogen) atoms. The first-order valence-electron chi connectivity index (χ1n) is 5.00. The van der Waals surface area contributed by atoms with Crippen molar-refractivity contribution in [2.24, 2.45) is 0 Å². The van der Waals surface area contributed by atoms with Crippen LogP contribution in [0.15, 0.2) is 34.1 Å². The standard InChI is InChI=1S/C11H12BrN3S/c1-8(9-3-2-4-10(12)5-9)13-6-11-7-16-15-14-11/h2-5,7-8,13H,6H2,1H3. The zero-order chi connectivity index (χ0) is 11.4. The van der Waals surface area contributed by atoms with Gasteiger partial charge in [-0.1, -0.05) is 32.6 Å². The first-order chi connectivity index (χ1) is 7.75. The lowest BCUT2D eigenvalue weighted by atomic mass is 10.1. The van der Waals surface area contributed by atoms with E-state index in [9.17, 15) is 0 Å². The molecular formula is C11H12BrN3S. The molecule has 2 aromatic rings. The summed E-state index contributed by atoms with van der Waals surface area (Å²) in [6, 6.07) is 8.61. The second kappa shape index (κ2) is 5.52. The maximum Gasteiger partial charge on any atom is 0.0893 e. The van der Waals surface area contributed by atoms with E-state index in [1.807, 2.05) is 17.5 Å². The number of halogens is 1. The fraction of sp³-hybridized carbons (Fsp3) is 0.273. The van der Waals surface area contributed by atoms with Crippen LogP contribution in [-0.2, 0) is 6.54 Å². The molecular weight excluding hydrogens is 286 g/mol. The van der Waals surface area contributed by atoms with Crippen LogP contribution in [0.1, 0.15) is 24.2 Å². The summed E-state index contributed by atoms with van der Waals surface area (Å²) in [5.74, 6) is 0. The first-order valence-corrected chi connectivity index (χ1v) is 6.63. The van der Waals surface area contributed by atoms with Gasteiger partial charge in [0.05, 0.1) is 5.69 Å². The fourth-order valence-electron chi connectivity index (χ4n) is 1.41. The van der Waals surface area contributed by atoms with Crippen LogP contribution in [0.5, 0.6) is 0 Å². The molecule has 0 bridgehead atoms. The van der Waals surface area contributed by atoms with E-state index >= 15 is 0 Å². The van der Waals surface area contributed by atoms with Crippen LogP contribution in [0.3, 0.4) is 0 Å². The SMILES string of the molecule is CC(NCc1csnn1)c1cccc(Br)c1. The summed E-state index contributed by atoms with van der Waals surface area (Å²) in [7, 11) is 0. The smallest absolute Gasteiger partial charge is 0.0893 e. The third kappa shape index (κ3) is 3.10. The molecule has 0 aliphatic carbocycles. The number of nitrogens with zero attached hydrogens (tertiary/aromatic N) is 2. The normalized spacial score (nSPS) is 12.6. The summed E-state index contributed by atoms with van der Waals surface area (Å²) in [5, 5.41) is 9.37. The molecule has 5 heteroatoms. The largest absolute Gasteiger partial charge is 0.304 e. The Bertz CT molecular complexity index is 444. The highest BCUT2D eigenvalue weighted by Crippen LogP contribution is 2.18. The Morgan fingerprint density at radius 3 is 3.06 bits per heavy atom. The Kier molecular flexibility index (Phi) is 4.04. The lowest BCUT2D eigenvalue weighted by Crippen LogP contribution is -2.18. The Morgan fingerprint density at radius 2 is 2.38 bits per heavy atom. The molecule has 1 N–H and O–H groups in total. The summed E-state index contributed by atoms with van der Waals surface area (Å²) >= 11 is 4.85. The lowest BCUT2D eigenvalue weighted by molar-refractivity contribution is 0.567. The van der Waals surface area contributed by atoms with Crippen LogP contribution in [0.2, 0.25) is 0 Å². The average Bonchev–Trinajstić information content (AvgIpc) is 2.78. The minimum Gasteiger partial charge on any atom is -0.304 e. The molecule has 1 heterocycles. The number of aromatic nitrogens is 2. The minimum absolute atomic E-state index is 0.305. The van der Waals surface area contributed by atoms with Crippen molar-refractivity contribution in [1.82, 2.24) is 14.9 Å². The highest BCUT2D eigenvalue weighted by Gasteiger charge is 2.05. The Morgan fingerprint density at radius 1 is 1.50 bits per heavy atom. The molecule has 1 aromatic carbocycles. The highest BCUT2D eigenvalue weighted by atomic mass is 79.9. The molecule has 0 amide bonds. The van der Waals surface area contributed by atoms with E-state index in [2.05, 4.69) is 49.9 Å². The van der Waals surface area contributed by atoms with Gasteiger partial charge in [0.15, 0.2) is 0 Å². The van der Waals surface area contributed by atoms with E-state index in [4.69, 9.17) is 0 Å². The van der Waals surface area contributed by atoms with Gasteiger partial charge in [-0.3, -0.25) is 0 Å². The molecule has 0 fully saturated rings. The Balaban J connectivity index is 1.95. The van der Waals surface area contributed by atoms with E-state index in [0.717, 1.165) is 16.7 Å². The summed E-state index contributed by atoms with van der Waals surface area (Å²) < 4.78 is 4.94. The highest BCUT2D eigenvalue weighted by molar-refractivity contribution is 9.10. The summed E-state index contributed by atoms with van der Waals surface area (Å²) in [6.07, 6.45) is 0. The van der Waals surface area contributed by atoms with Gasteiger partial charge < -0.3 is 5.32 Å². The first kappa shape index (κ1) is 11.7. The summed E-state index contributed by atoms with van der Waals surface area (Å²) in [4.78, 5) is 0. The van der Waals surface area contributed by atoms with Gasteiger partial charge in [0.25, 0.3) is 0 Å². The molecule has 1 atom stereocenters. The zero-order valence-electron chi connectivity index (χ0n) is 8.85. The number of hydrogen-bond donors (Lipinski definition) is 1. The number of hydrogen-bond acceptors (Lipinski definition) is 4. The van der Waals surface area contributed by atoms with Crippen LogP contribution in [0, 0.1) is 0 Å². The van der Waals surface area contributed by atoms with E-state index in [0.29, 0.717) is 6.04 Å². The van der Waals surface area contributed by atoms with Crippen molar-refractivity contribution in [2.75, 3.05) is 0 Å². The monoisotopic (exact) mass is 297 g/mol. The van der Waals surface area contributed by atoms with Crippen molar-refractivity contribution in [3.8, 4) is 0 Å². The molecule has 1 aromatic heterocycles. The molecule has 84 valence electrons. The second-order valence-electron chi connectivity index (χ2n) is 3.55. The van der Waals surface area contributed by atoms with Crippen molar-refractivity contribution in [3.05, 3.63) is 45.4 Å². The van der Waals surface area contributed by atoms with Crippen molar-refractivity contribution < 1.29 is 0 Å². The minimum atomic E-state index is 0.305. The Labute approximate surface area is 107 Å². The maximum absolute atomic E-state index is 4.00. The molecule has 3 nitrogen and oxygen atoms in total. The van der Waals surface area contributed by atoms with E-state index in [1.165, 1.54) is 17.1 Å². The molecule has 0 spiro atoms. The van der Waals surface area contributed by atoms with Gasteiger partial charge in [0, 0.05) is 22.4 Å². The van der Waals surface area contributed by atoms with Crippen LogP contribution >= 0.6 is 27.5 Å². The molecule has 2 rings (SSSR count). The van der Waals surface area contributed by atoms with Gasteiger partial charge in [0.2, 0.25) is 0 Å². The predicted octanol–water partition coefficient (Wildman–Crippen LogP) is 3.15. The number of nitrogens with one attached hydrogen (secondary N) is 1. The quantitative estimate of drug-likeness (QED) is 0.942. The molecule has 1 unspecified atom stereocenters. The number of rotatable bonds is 4. The van der Waals surface area contributed by atoms with E-state index in [-0.39, 0.29) is 0 Å². The van der Waals surface area contributed by atoms with Gasteiger partial charge in [-0.15, -0.1) is 5.10 Å². The molecule has 0 aliphatic rings.